The number of ether oxygens (including phenoxy) is 1. The Morgan fingerprint density at radius 2 is 2.00 bits per heavy atom. The van der Waals surface area contributed by atoms with Crippen LogP contribution in [0.5, 0.6) is 0 Å². The third-order valence-corrected chi connectivity index (χ3v) is 3.79. The average Bonchev–Trinajstić information content (AvgIpc) is 2.22. The number of amides is 1. The lowest BCUT2D eigenvalue weighted by Gasteiger charge is -2.49. The Hall–Kier alpha value is -1.42. The summed E-state index contributed by atoms with van der Waals surface area (Å²) in [7, 11) is 0. The summed E-state index contributed by atoms with van der Waals surface area (Å²) in [6.45, 7) is 4.56. The molecule has 0 atom stereocenters. The second-order valence-electron chi connectivity index (χ2n) is 5.34. The van der Waals surface area contributed by atoms with Gasteiger partial charge in [0.05, 0.1) is 18.6 Å². The van der Waals surface area contributed by atoms with E-state index in [1.165, 1.54) is 12.1 Å². The zero-order valence-corrected chi connectivity index (χ0v) is 9.84. The summed E-state index contributed by atoms with van der Waals surface area (Å²) in [6.07, 6.45) is 0. The Bertz CT molecular complexity index is 506. The molecule has 1 saturated heterocycles. The summed E-state index contributed by atoms with van der Waals surface area (Å²) >= 11 is 0. The number of fused-ring (bicyclic) bond motifs is 2. The molecule has 4 heteroatoms. The van der Waals surface area contributed by atoms with Crippen molar-refractivity contribution in [1.29, 1.82) is 0 Å². The van der Waals surface area contributed by atoms with Crippen molar-refractivity contribution < 1.29 is 13.9 Å². The van der Waals surface area contributed by atoms with Crippen molar-refractivity contribution in [3.05, 3.63) is 35.1 Å². The maximum absolute atomic E-state index is 13.4. The van der Waals surface area contributed by atoms with Crippen molar-refractivity contribution in [3.63, 3.8) is 0 Å². The molecule has 0 unspecified atom stereocenters. The van der Waals surface area contributed by atoms with Gasteiger partial charge in [0.15, 0.2) is 0 Å². The molecule has 0 saturated carbocycles. The SMILES string of the molecule is CC1(C)C(=O)NC2(COC2)c2ccc(F)cc21. The highest BCUT2D eigenvalue weighted by atomic mass is 19.1. The van der Waals surface area contributed by atoms with Crippen LogP contribution >= 0.6 is 0 Å². The Morgan fingerprint density at radius 1 is 1.29 bits per heavy atom. The Morgan fingerprint density at radius 3 is 2.59 bits per heavy atom. The van der Waals surface area contributed by atoms with Crippen molar-refractivity contribution in [2.24, 2.45) is 0 Å². The van der Waals surface area contributed by atoms with Crippen molar-refractivity contribution in [1.82, 2.24) is 5.32 Å². The third-order valence-electron chi connectivity index (χ3n) is 3.79. The summed E-state index contributed by atoms with van der Waals surface area (Å²) < 4.78 is 18.6. The number of carbonyl (C=O) groups excluding carboxylic acids is 1. The number of carbonyl (C=O) groups is 1. The number of benzene rings is 1. The topological polar surface area (TPSA) is 38.3 Å². The fraction of sp³-hybridized carbons (Fsp3) is 0.462. The predicted octanol–water partition coefficient (Wildman–Crippen LogP) is 1.46. The van der Waals surface area contributed by atoms with Gasteiger partial charge in [0.2, 0.25) is 5.91 Å². The first-order valence-electron chi connectivity index (χ1n) is 5.67. The standard InChI is InChI=1S/C13H14FNO2/c1-12(2)10-5-8(14)3-4-9(10)13(6-17-7-13)15-11(12)16/h3-5H,6-7H2,1-2H3,(H,15,16). The summed E-state index contributed by atoms with van der Waals surface area (Å²) in [6, 6.07) is 4.66. The van der Waals surface area contributed by atoms with Crippen molar-refractivity contribution >= 4 is 5.91 Å². The molecule has 90 valence electrons. The molecule has 1 N–H and O–H groups in total. The first-order chi connectivity index (χ1) is 7.96. The van der Waals surface area contributed by atoms with Gasteiger partial charge in [0.1, 0.15) is 11.4 Å². The fourth-order valence-corrected chi connectivity index (χ4v) is 2.55. The van der Waals surface area contributed by atoms with Gasteiger partial charge in [-0.3, -0.25) is 4.79 Å². The summed E-state index contributed by atoms with van der Waals surface area (Å²) in [5.74, 6) is -0.374. The van der Waals surface area contributed by atoms with Gasteiger partial charge in [-0.2, -0.15) is 0 Å². The first kappa shape index (κ1) is 10.7. The van der Waals surface area contributed by atoms with E-state index < -0.39 is 11.0 Å². The lowest BCUT2D eigenvalue weighted by Crippen LogP contribution is -2.66. The van der Waals surface area contributed by atoms with Gasteiger partial charge >= 0.3 is 0 Å². The van der Waals surface area contributed by atoms with Gasteiger partial charge < -0.3 is 10.1 Å². The van der Waals surface area contributed by atoms with Crippen molar-refractivity contribution in [3.8, 4) is 0 Å². The molecule has 0 radical (unpaired) electrons. The Balaban J connectivity index is 2.24. The van der Waals surface area contributed by atoms with Gasteiger partial charge in [0, 0.05) is 0 Å². The first-order valence-corrected chi connectivity index (χ1v) is 5.67. The number of hydrogen-bond acceptors (Lipinski definition) is 2. The highest BCUT2D eigenvalue weighted by Crippen LogP contribution is 2.42. The highest BCUT2D eigenvalue weighted by Gasteiger charge is 2.51. The smallest absolute Gasteiger partial charge is 0.230 e. The van der Waals surface area contributed by atoms with E-state index in [0.717, 1.165) is 11.1 Å². The molecular weight excluding hydrogens is 221 g/mol. The average molecular weight is 235 g/mol. The molecule has 2 aliphatic rings. The van der Waals surface area contributed by atoms with Crippen LogP contribution in [0, 0.1) is 5.82 Å². The maximum atomic E-state index is 13.4. The zero-order valence-electron chi connectivity index (χ0n) is 9.84. The molecule has 0 bridgehead atoms. The van der Waals surface area contributed by atoms with E-state index in [2.05, 4.69) is 5.32 Å². The molecule has 1 fully saturated rings. The lowest BCUT2D eigenvalue weighted by atomic mass is 9.70. The van der Waals surface area contributed by atoms with Crippen molar-refractivity contribution in [2.45, 2.75) is 24.8 Å². The number of nitrogens with one attached hydrogen (secondary N) is 1. The van der Waals surface area contributed by atoms with Crippen LogP contribution < -0.4 is 5.32 Å². The second kappa shape index (κ2) is 3.07. The van der Waals surface area contributed by atoms with E-state index in [1.807, 2.05) is 13.8 Å². The minimum atomic E-state index is -0.696. The van der Waals surface area contributed by atoms with E-state index in [0.29, 0.717) is 13.2 Å². The van der Waals surface area contributed by atoms with E-state index >= 15 is 0 Å². The molecule has 0 aromatic heterocycles. The lowest BCUT2D eigenvalue weighted by molar-refractivity contribution is -0.141. The van der Waals surface area contributed by atoms with Crippen LogP contribution in [0.4, 0.5) is 4.39 Å². The van der Waals surface area contributed by atoms with Gasteiger partial charge in [-0.05, 0) is 37.1 Å². The minimum absolute atomic E-state index is 0.0705. The van der Waals surface area contributed by atoms with Crippen molar-refractivity contribution in [2.75, 3.05) is 13.2 Å². The molecule has 3 nitrogen and oxygen atoms in total. The van der Waals surface area contributed by atoms with Crippen LogP contribution in [0.3, 0.4) is 0 Å². The molecule has 17 heavy (non-hydrogen) atoms. The van der Waals surface area contributed by atoms with Gasteiger partial charge in [-0.25, -0.2) is 4.39 Å². The van der Waals surface area contributed by atoms with Gasteiger partial charge in [-0.1, -0.05) is 6.07 Å². The van der Waals surface area contributed by atoms with Gasteiger partial charge in [0.25, 0.3) is 0 Å². The summed E-state index contributed by atoms with van der Waals surface area (Å²) in [5, 5.41) is 3.01. The Kier molecular flexibility index (Phi) is 1.94. The largest absolute Gasteiger partial charge is 0.376 e. The maximum Gasteiger partial charge on any atom is 0.230 e. The molecule has 2 aliphatic heterocycles. The van der Waals surface area contributed by atoms with Crippen LogP contribution in [0.15, 0.2) is 18.2 Å². The van der Waals surface area contributed by atoms with Crippen LogP contribution in [0.25, 0.3) is 0 Å². The minimum Gasteiger partial charge on any atom is -0.376 e. The molecule has 1 aromatic carbocycles. The molecule has 1 spiro atoms. The molecule has 2 heterocycles. The van der Waals surface area contributed by atoms with Crippen LogP contribution in [-0.2, 0) is 20.5 Å². The van der Waals surface area contributed by atoms with Gasteiger partial charge in [-0.15, -0.1) is 0 Å². The molecule has 3 rings (SSSR count). The number of halogens is 1. The third kappa shape index (κ3) is 1.27. The molecule has 0 aliphatic carbocycles. The summed E-state index contributed by atoms with van der Waals surface area (Å²) in [5.41, 5.74) is 0.618. The predicted molar refractivity (Wildman–Crippen MR) is 60.1 cm³/mol. The zero-order chi connectivity index (χ0) is 12.3. The van der Waals surface area contributed by atoms with Crippen LogP contribution in [0.1, 0.15) is 25.0 Å². The van der Waals surface area contributed by atoms with Crippen LogP contribution in [0.2, 0.25) is 0 Å². The molecule has 1 aromatic rings. The van der Waals surface area contributed by atoms with E-state index in [-0.39, 0.29) is 11.7 Å². The van der Waals surface area contributed by atoms with E-state index in [1.54, 1.807) is 6.07 Å². The molecule has 1 amide bonds. The quantitative estimate of drug-likeness (QED) is 0.739. The fourth-order valence-electron chi connectivity index (χ4n) is 2.55. The van der Waals surface area contributed by atoms with E-state index in [9.17, 15) is 9.18 Å². The Labute approximate surface area is 99.0 Å². The normalized spacial score (nSPS) is 23.8. The second-order valence-corrected chi connectivity index (χ2v) is 5.34. The monoisotopic (exact) mass is 235 g/mol. The number of rotatable bonds is 0. The summed E-state index contributed by atoms with van der Waals surface area (Å²) in [4.78, 5) is 12.1. The highest BCUT2D eigenvalue weighted by molar-refractivity contribution is 5.91. The van der Waals surface area contributed by atoms with Crippen LogP contribution in [-0.4, -0.2) is 19.1 Å². The van der Waals surface area contributed by atoms with E-state index in [4.69, 9.17) is 4.74 Å². The number of hydrogen-bond donors (Lipinski definition) is 1. The molecular formula is C13H14FNO2.